The molecule has 1 aliphatic carbocycles. The van der Waals surface area contributed by atoms with Gasteiger partial charge in [0.1, 0.15) is 11.3 Å². The van der Waals surface area contributed by atoms with Gasteiger partial charge in [0.15, 0.2) is 24.7 Å². The third-order valence-electron chi connectivity index (χ3n) is 9.33. The molecular formula is C40H59N2O3+. The number of aryl methyl sites for hydroxylation is 2. The topological polar surface area (TPSA) is 59.3 Å². The molecule has 1 aliphatic rings. The highest BCUT2D eigenvalue weighted by molar-refractivity contribution is 5.97. The molecule has 2 aromatic rings. The Morgan fingerprint density at radius 3 is 2.11 bits per heavy atom. The number of Topliss-reactive ketones (excluding diaryl/α,β-unsaturated/α-hetero) is 1. The number of pyridine rings is 1. The second kappa shape index (κ2) is 18.7. The van der Waals surface area contributed by atoms with Gasteiger partial charge in [0, 0.05) is 23.6 Å². The summed E-state index contributed by atoms with van der Waals surface area (Å²) in [7, 11) is 0. The van der Waals surface area contributed by atoms with Crippen molar-refractivity contribution in [2.24, 2.45) is 0 Å². The Balaban J connectivity index is 1.58. The van der Waals surface area contributed by atoms with Crippen molar-refractivity contribution >= 4 is 11.7 Å². The molecule has 5 heteroatoms. The van der Waals surface area contributed by atoms with Crippen LogP contribution in [0.25, 0.3) is 0 Å². The van der Waals surface area contributed by atoms with E-state index in [0.29, 0.717) is 24.5 Å². The third-order valence-corrected chi connectivity index (χ3v) is 9.33. The van der Waals surface area contributed by atoms with Gasteiger partial charge in [-0.25, -0.2) is 4.57 Å². The fraction of sp³-hybridized carbons (Fsp3) is 0.575. The van der Waals surface area contributed by atoms with Crippen LogP contribution in [0, 0.1) is 13.8 Å². The fourth-order valence-corrected chi connectivity index (χ4v) is 6.27. The summed E-state index contributed by atoms with van der Waals surface area (Å²) in [5.41, 5.74) is 5.75. The van der Waals surface area contributed by atoms with Gasteiger partial charge in [0.2, 0.25) is 5.91 Å². The molecule has 0 saturated carbocycles. The van der Waals surface area contributed by atoms with Gasteiger partial charge in [-0.3, -0.25) is 9.59 Å². The molecule has 1 amide bonds. The maximum absolute atomic E-state index is 13.7. The van der Waals surface area contributed by atoms with Crippen molar-refractivity contribution in [2.75, 3.05) is 6.61 Å². The van der Waals surface area contributed by atoms with E-state index in [2.05, 4.69) is 75.1 Å². The number of amides is 1. The number of aromatic nitrogens is 1. The third kappa shape index (κ3) is 11.9. The number of nitrogens with zero attached hydrogens (tertiary/aromatic N) is 1. The first kappa shape index (κ1) is 36.3. The molecule has 0 radical (unpaired) electrons. The second-order valence-electron chi connectivity index (χ2n) is 13.4. The van der Waals surface area contributed by atoms with Gasteiger partial charge < -0.3 is 10.1 Å². The number of allylic oxidation sites excluding steroid dienone is 2. The van der Waals surface area contributed by atoms with Crippen LogP contribution >= 0.6 is 0 Å². The lowest BCUT2D eigenvalue weighted by Crippen LogP contribution is -2.57. The first-order valence-corrected chi connectivity index (χ1v) is 17.5. The highest BCUT2D eigenvalue weighted by Crippen LogP contribution is 2.29. The van der Waals surface area contributed by atoms with Crippen molar-refractivity contribution in [3.05, 3.63) is 82.2 Å². The Kier molecular flexibility index (Phi) is 15.1. The van der Waals surface area contributed by atoms with E-state index in [9.17, 15) is 9.59 Å². The maximum atomic E-state index is 13.7. The van der Waals surface area contributed by atoms with Gasteiger partial charge >= 0.3 is 0 Å². The van der Waals surface area contributed by atoms with Gasteiger partial charge in [-0.15, -0.1) is 0 Å². The summed E-state index contributed by atoms with van der Waals surface area (Å²) < 4.78 is 8.43. The molecule has 0 fully saturated rings. The number of benzene rings is 1. The number of nitrogens with one attached hydrogen (secondary N) is 1. The van der Waals surface area contributed by atoms with Crippen LogP contribution in [0.15, 0.2) is 60.0 Å². The zero-order valence-corrected chi connectivity index (χ0v) is 29.1. The molecule has 45 heavy (non-hydrogen) atoms. The summed E-state index contributed by atoms with van der Waals surface area (Å²) in [6.45, 7) is 13.5. The van der Waals surface area contributed by atoms with Crippen molar-refractivity contribution in [3.8, 4) is 5.75 Å². The molecule has 1 aromatic heterocycles. The molecule has 0 aliphatic heterocycles. The summed E-state index contributed by atoms with van der Waals surface area (Å²) in [6, 6.07) is 7.70. The van der Waals surface area contributed by atoms with E-state index in [-0.39, 0.29) is 18.1 Å². The maximum Gasteiger partial charge on any atom is 0.225 e. The van der Waals surface area contributed by atoms with E-state index >= 15 is 0 Å². The Labute approximate surface area is 273 Å². The number of rotatable bonds is 20. The van der Waals surface area contributed by atoms with Crippen molar-refractivity contribution < 1.29 is 18.9 Å². The Bertz CT molecular complexity index is 1320. The minimum absolute atomic E-state index is 0.0454. The minimum atomic E-state index is -0.540. The molecule has 1 heterocycles. The van der Waals surface area contributed by atoms with E-state index in [1.807, 2.05) is 12.1 Å². The normalized spacial score (nSPS) is 16.2. The molecule has 1 aromatic carbocycles. The van der Waals surface area contributed by atoms with Gasteiger partial charge in [-0.05, 0) is 52.7 Å². The summed E-state index contributed by atoms with van der Waals surface area (Å²) in [5.74, 6) is 0.440. The summed E-state index contributed by atoms with van der Waals surface area (Å²) >= 11 is 0. The molecule has 0 saturated heterocycles. The highest BCUT2D eigenvalue weighted by atomic mass is 16.5. The highest BCUT2D eigenvalue weighted by Gasteiger charge is 2.36. The van der Waals surface area contributed by atoms with E-state index in [4.69, 9.17) is 4.74 Å². The molecule has 1 N–H and O–H groups in total. The monoisotopic (exact) mass is 615 g/mol. The number of carbonyl (C=O) groups excluding carboxylic acids is 2. The van der Waals surface area contributed by atoms with Gasteiger partial charge in [0.25, 0.3) is 0 Å². The molecule has 1 atom stereocenters. The fourth-order valence-electron chi connectivity index (χ4n) is 6.27. The molecule has 0 bridgehead atoms. The lowest BCUT2D eigenvalue weighted by atomic mass is 9.83. The zero-order chi connectivity index (χ0) is 32.7. The van der Waals surface area contributed by atoms with Crippen LogP contribution in [-0.4, -0.2) is 23.8 Å². The van der Waals surface area contributed by atoms with Crippen molar-refractivity contribution in [1.29, 1.82) is 0 Å². The van der Waals surface area contributed by atoms with Crippen LogP contribution in [0.4, 0.5) is 0 Å². The number of hydrogen-bond donors (Lipinski definition) is 1. The second-order valence-corrected chi connectivity index (χ2v) is 13.4. The van der Waals surface area contributed by atoms with E-state index in [0.717, 1.165) is 24.8 Å². The zero-order valence-electron chi connectivity index (χ0n) is 29.1. The number of ether oxygens (including phenoxy) is 1. The van der Waals surface area contributed by atoms with Crippen molar-refractivity contribution in [3.63, 3.8) is 0 Å². The predicted molar refractivity (Wildman–Crippen MR) is 186 cm³/mol. The molecule has 246 valence electrons. The van der Waals surface area contributed by atoms with Crippen LogP contribution in [0.5, 0.6) is 5.75 Å². The van der Waals surface area contributed by atoms with Crippen LogP contribution in [0.3, 0.4) is 0 Å². The Morgan fingerprint density at radius 2 is 1.51 bits per heavy atom. The first-order chi connectivity index (χ1) is 21.6. The van der Waals surface area contributed by atoms with Crippen LogP contribution < -0.4 is 14.6 Å². The SMILES string of the molecule is CCCCCCCCCCCCCCOc1c(CC(=O)NC2(C[n+]3ccc(C)c(C)c3)C=CC(C)=C(C)C2)cccc1C(C)=O. The van der Waals surface area contributed by atoms with Crippen LogP contribution in [0.1, 0.15) is 138 Å². The molecular weight excluding hydrogens is 556 g/mol. The molecule has 0 spiro atoms. The van der Waals surface area contributed by atoms with Gasteiger partial charge in [-0.1, -0.05) is 113 Å². The summed E-state index contributed by atoms with van der Waals surface area (Å²) in [4.78, 5) is 26.2. The number of ketones is 1. The van der Waals surface area contributed by atoms with Crippen molar-refractivity contribution in [2.45, 2.75) is 144 Å². The number of para-hydroxylation sites is 1. The van der Waals surface area contributed by atoms with E-state index in [1.54, 1.807) is 13.0 Å². The summed E-state index contributed by atoms with van der Waals surface area (Å²) in [5, 5.41) is 3.39. The molecule has 3 rings (SSSR count). The van der Waals surface area contributed by atoms with Gasteiger partial charge in [0.05, 0.1) is 18.6 Å². The van der Waals surface area contributed by atoms with E-state index in [1.165, 1.54) is 86.5 Å². The summed E-state index contributed by atoms with van der Waals surface area (Å²) in [6.07, 6.45) is 24.8. The average molecular weight is 616 g/mol. The van der Waals surface area contributed by atoms with Crippen LogP contribution in [-0.2, 0) is 17.8 Å². The van der Waals surface area contributed by atoms with E-state index < -0.39 is 5.54 Å². The number of carbonyl (C=O) groups is 2. The molecule has 1 unspecified atom stereocenters. The quantitative estimate of drug-likeness (QED) is 0.0918. The largest absolute Gasteiger partial charge is 0.493 e. The lowest BCUT2D eigenvalue weighted by Gasteiger charge is -2.33. The number of hydrogen-bond acceptors (Lipinski definition) is 3. The predicted octanol–water partition coefficient (Wildman–Crippen LogP) is 9.27. The average Bonchev–Trinajstić information content (AvgIpc) is 3.00. The first-order valence-electron chi connectivity index (χ1n) is 17.5. The smallest absolute Gasteiger partial charge is 0.225 e. The lowest BCUT2D eigenvalue weighted by molar-refractivity contribution is -0.703. The Hall–Kier alpha value is -3.21. The minimum Gasteiger partial charge on any atom is -0.493 e. The van der Waals surface area contributed by atoms with Crippen LogP contribution in [0.2, 0.25) is 0 Å². The standard InChI is InChI=1S/C40H58N2O3/c1-7-8-9-10-11-12-13-14-15-16-17-18-26-45-39-36(20-19-21-37(39)35(6)43)27-38(44)41-40(24-22-31(2)33(4)28-40)30-42-25-23-32(3)34(5)29-42/h19-25,29H,7-18,26-28,30H2,1-6H3/p+1. The Morgan fingerprint density at radius 1 is 0.867 bits per heavy atom. The molecule has 5 nitrogen and oxygen atoms in total. The number of unbranched alkanes of at least 4 members (excludes halogenated alkanes) is 11. The van der Waals surface area contributed by atoms with Gasteiger partial charge in [-0.2, -0.15) is 0 Å². The van der Waals surface area contributed by atoms with Crippen molar-refractivity contribution in [1.82, 2.24) is 5.32 Å².